The SMILES string of the molecule is CCCCN(CCCCN(C)C)C(=O)CC(C)(C)C. The zero-order chi connectivity index (χ0) is 14.9. The number of carbonyl (C=O) groups is 1. The summed E-state index contributed by atoms with van der Waals surface area (Å²) in [6.45, 7) is 11.5. The first kappa shape index (κ1) is 18.4. The first-order valence-corrected chi connectivity index (χ1v) is 7.69. The van der Waals surface area contributed by atoms with E-state index in [1.807, 2.05) is 0 Å². The molecule has 0 aromatic heterocycles. The lowest BCUT2D eigenvalue weighted by molar-refractivity contribution is -0.133. The molecule has 0 saturated carbocycles. The highest BCUT2D eigenvalue weighted by Gasteiger charge is 2.20. The van der Waals surface area contributed by atoms with Crippen molar-refractivity contribution in [1.82, 2.24) is 9.80 Å². The van der Waals surface area contributed by atoms with Gasteiger partial charge in [0.1, 0.15) is 0 Å². The van der Waals surface area contributed by atoms with Gasteiger partial charge in [0.15, 0.2) is 0 Å². The minimum atomic E-state index is 0.0885. The van der Waals surface area contributed by atoms with E-state index in [1.54, 1.807) is 0 Å². The third-order valence-corrected chi connectivity index (χ3v) is 3.10. The van der Waals surface area contributed by atoms with Gasteiger partial charge in [-0.2, -0.15) is 0 Å². The van der Waals surface area contributed by atoms with Crippen molar-refractivity contribution >= 4 is 5.91 Å². The average Bonchev–Trinajstić information content (AvgIpc) is 2.25. The van der Waals surface area contributed by atoms with E-state index in [-0.39, 0.29) is 5.41 Å². The Labute approximate surface area is 120 Å². The molecule has 19 heavy (non-hydrogen) atoms. The molecule has 3 heteroatoms. The minimum Gasteiger partial charge on any atom is -0.343 e. The van der Waals surface area contributed by atoms with Gasteiger partial charge in [-0.05, 0) is 45.3 Å². The molecule has 0 atom stereocenters. The number of amides is 1. The van der Waals surface area contributed by atoms with Gasteiger partial charge in [-0.15, -0.1) is 0 Å². The van der Waals surface area contributed by atoms with Crippen LogP contribution in [0.4, 0.5) is 0 Å². The van der Waals surface area contributed by atoms with E-state index in [2.05, 4.69) is 51.6 Å². The van der Waals surface area contributed by atoms with E-state index in [0.717, 1.165) is 38.9 Å². The number of hydrogen-bond donors (Lipinski definition) is 0. The van der Waals surface area contributed by atoms with E-state index >= 15 is 0 Å². The summed E-state index contributed by atoms with van der Waals surface area (Å²) >= 11 is 0. The molecule has 0 saturated heterocycles. The molecule has 0 N–H and O–H groups in total. The first-order chi connectivity index (χ1) is 8.76. The van der Waals surface area contributed by atoms with Gasteiger partial charge in [0.05, 0.1) is 0 Å². The average molecular weight is 270 g/mol. The van der Waals surface area contributed by atoms with Crippen LogP contribution in [0.5, 0.6) is 0 Å². The Morgan fingerprint density at radius 3 is 1.95 bits per heavy atom. The standard InChI is InChI=1S/C16H34N2O/c1-7-8-12-18(13-10-9-11-17(5)6)15(19)14-16(2,3)4/h7-14H2,1-6H3. The molecule has 114 valence electrons. The summed E-state index contributed by atoms with van der Waals surface area (Å²) in [5.74, 6) is 0.325. The zero-order valence-corrected chi connectivity index (χ0v) is 14.0. The lowest BCUT2D eigenvalue weighted by atomic mass is 9.91. The van der Waals surface area contributed by atoms with Crippen molar-refractivity contribution in [3.8, 4) is 0 Å². The van der Waals surface area contributed by atoms with Crippen LogP contribution in [-0.2, 0) is 4.79 Å². The molecule has 0 fully saturated rings. The van der Waals surface area contributed by atoms with E-state index in [4.69, 9.17) is 0 Å². The van der Waals surface area contributed by atoms with Crippen molar-refractivity contribution in [2.45, 2.75) is 59.8 Å². The van der Waals surface area contributed by atoms with Crippen LogP contribution in [0.1, 0.15) is 59.8 Å². The molecule has 0 heterocycles. The fraction of sp³-hybridized carbons (Fsp3) is 0.938. The van der Waals surface area contributed by atoms with Gasteiger partial charge in [-0.25, -0.2) is 0 Å². The summed E-state index contributed by atoms with van der Waals surface area (Å²) in [7, 11) is 4.19. The van der Waals surface area contributed by atoms with Crippen molar-refractivity contribution in [1.29, 1.82) is 0 Å². The molecule has 3 nitrogen and oxygen atoms in total. The van der Waals surface area contributed by atoms with Crippen LogP contribution in [-0.4, -0.2) is 49.4 Å². The predicted molar refractivity (Wildman–Crippen MR) is 83.3 cm³/mol. The van der Waals surface area contributed by atoms with Crippen molar-refractivity contribution in [2.24, 2.45) is 5.41 Å². The molecular formula is C16H34N2O. The fourth-order valence-corrected chi connectivity index (χ4v) is 2.01. The number of rotatable bonds is 9. The predicted octanol–water partition coefficient (Wildman–Crippen LogP) is 3.39. The summed E-state index contributed by atoms with van der Waals surface area (Å²) in [4.78, 5) is 16.6. The molecule has 0 bridgehead atoms. The minimum absolute atomic E-state index is 0.0885. The quantitative estimate of drug-likeness (QED) is 0.600. The molecule has 0 spiro atoms. The molecule has 0 radical (unpaired) electrons. The fourth-order valence-electron chi connectivity index (χ4n) is 2.01. The van der Waals surface area contributed by atoms with Gasteiger partial charge >= 0.3 is 0 Å². The van der Waals surface area contributed by atoms with Crippen LogP contribution in [0.2, 0.25) is 0 Å². The van der Waals surface area contributed by atoms with Crippen LogP contribution < -0.4 is 0 Å². The number of unbranched alkanes of at least 4 members (excludes halogenated alkanes) is 2. The molecular weight excluding hydrogens is 236 g/mol. The highest BCUT2D eigenvalue weighted by molar-refractivity contribution is 5.76. The van der Waals surface area contributed by atoms with Gasteiger partial charge < -0.3 is 9.80 Å². The Morgan fingerprint density at radius 2 is 1.47 bits per heavy atom. The summed E-state index contributed by atoms with van der Waals surface area (Å²) in [6, 6.07) is 0. The van der Waals surface area contributed by atoms with Crippen molar-refractivity contribution < 1.29 is 4.79 Å². The molecule has 0 unspecified atom stereocenters. The number of nitrogens with zero attached hydrogens (tertiary/aromatic N) is 2. The number of hydrogen-bond acceptors (Lipinski definition) is 2. The van der Waals surface area contributed by atoms with Crippen LogP contribution in [0, 0.1) is 5.41 Å². The normalized spacial score (nSPS) is 11.9. The lowest BCUT2D eigenvalue weighted by Gasteiger charge is -2.27. The second-order valence-corrected chi connectivity index (χ2v) is 6.98. The Kier molecular flexibility index (Phi) is 9.07. The van der Waals surface area contributed by atoms with Gasteiger partial charge in [0.2, 0.25) is 5.91 Å². The summed E-state index contributed by atoms with van der Waals surface area (Å²) < 4.78 is 0. The Bertz CT molecular complexity index is 244. The summed E-state index contributed by atoms with van der Waals surface area (Å²) in [5, 5.41) is 0. The van der Waals surface area contributed by atoms with E-state index in [1.165, 1.54) is 6.42 Å². The summed E-state index contributed by atoms with van der Waals surface area (Å²) in [5.41, 5.74) is 0.0885. The monoisotopic (exact) mass is 270 g/mol. The van der Waals surface area contributed by atoms with Gasteiger partial charge in [-0.3, -0.25) is 4.79 Å². The van der Waals surface area contributed by atoms with Crippen molar-refractivity contribution in [3.63, 3.8) is 0 Å². The molecule has 0 aromatic rings. The van der Waals surface area contributed by atoms with E-state index < -0.39 is 0 Å². The Balaban J connectivity index is 4.17. The Morgan fingerprint density at radius 1 is 0.947 bits per heavy atom. The highest BCUT2D eigenvalue weighted by atomic mass is 16.2. The molecule has 0 rings (SSSR count). The lowest BCUT2D eigenvalue weighted by Crippen LogP contribution is -2.35. The molecule has 0 aromatic carbocycles. The van der Waals surface area contributed by atoms with E-state index in [0.29, 0.717) is 12.3 Å². The maximum absolute atomic E-state index is 12.3. The van der Waals surface area contributed by atoms with Crippen LogP contribution in [0.25, 0.3) is 0 Å². The second-order valence-electron chi connectivity index (χ2n) is 6.98. The van der Waals surface area contributed by atoms with Gasteiger partial charge in [0.25, 0.3) is 0 Å². The van der Waals surface area contributed by atoms with Gasteiger partial charge in [0, 0.05) is 19.5 Å². The Hall–Kier alpha value is -0.570. The molecule has 0 aliphatic heterocycles. The third-order valence-electron chi connectivity index (χ3n) is 3.10. The molecule has 1 amide bonds. The molecule has 0 aliphatic carbocycles. The second kappa shape index (κ2) is 9.35. The zero-order valence-electron chi connectivity index (χ0n) is 14.0. The van der Waals surface area contributed by atoms with Crippen LogP contribution >= 0.6 is 0 Å². The van der Waals surface area contributed by atoms with Crippen molar-refractivity contribution in [3.05, 3.63) is 0 Å². The van der Waals surface area contributed by atoms with Crippen molar-refractivity contribution in [2.75, 3.05) is 33.7 Å². The first-order valence-electron chi connectivity index (χ1n) is 7.69. The number of carbonyl (C=O) groups excluding carboxylic acids is 1. The van der Waals surface area contributed by atoms with Crippen LogP contribution in [0.15, 0.2) is 0 Å². The smallest absolute Gasteiger partial charge is 0.223 e. The molecule has 0 aliphatic rings. The van der Waals surface area contributed by atoms with Gasteiger partial charge in [-0.1, -0.05) is 34.1 Å². The highest BCUT2D eigenvalue weighted by Crippen LogP contribution is 2.20. The van der Waals surface area contributed by atoms with E-state index in [9.17, 15) is 4.79 Å². The maximum atomic E-state index is 12.3. The van der Waals surface area contributed by atoms with Crippen LogP contribution in [0.3, 0.4) is 0 Å². The third kappa shape index (κ3) is 11.0. The maximum Gasteiger partial charge on any atom is 0.223 e. The largest absolute Gasteiger partial charge is 0.343 e. The topological polar surface area (TPSA) is 23.6 Å². The summed E-state index contributed by atoms with van der Waals surface area (Å²) in [6.07, 6.45) is 5.20.